The zero-order valence-electron chi connectivity index (χ0n) is 28.9. The summed E-state index contributed by atoms with van der Waals surface area (Å²) in [7, 11) is 0. The molecule has 0 radical (unpaired) electrons. The Labute approximate surface area is 307 Å². The molecule has 49 heavy (non-hydrogen) atoms. The molecule has 0 bridgehead atoms. The molecular weight excluding hydrogens is 675 g/mol. The van der Waals surface area contributed by atoms with Gasteiger partial charge in [0.05, 0.1) is 6.54 Å². The van der Waals surface area contributed by atoms with Crippen LogP contribution in [0.25, 0.3) is 0 Å². The number of carbonyl (C=O) groups excluding carboxylic acids is 3. The largest absolute Gasteiger partial charge is 0.356 e. The highest BCUT2D eigenvalue weighted by atomic mass is 35.5. The number of hydrogen-bond acceptors (Lipinski definition) is 3. The molecule has 2 amide bonds. The summed E-state index contributed by atoms with van der Waals surface area (Å²) in [6.07, 6.45) is 3.55. The highest BCUT2D eigenvalue weighted by Crippen LogP contribution is 2.28. The second-order valence-electron chi connectivity index (χ2n) is 12.4. The lowest BCUT2D eigenvalue weighted by molar-refractivity contribution is -0.140. The van der Waals surface area contributed by atoms with E-state index in [1.54, 1.807) is 19.1 Å². The minimum absolute atomic E-state index is 0.00331. The van der Waals surface area contributed by atoms with Crippen LogP contribution in [0.2, 0.25) is 15.1 Å². The molecule has 0 aromatic heterocycles. The van der Waals surface area contributed by atoms with E-state index >= 15 is 0 Å². The first-order chi connectivity index (χ1) is 23.5. The van der Waals surface area contributed by atoms with Gasteiger partial charge in [-0.25, -0.2) is 0 Å². The number of halogens is 3. The standard InChI is InChI=1S/C25H29Cl3N2O3.C16H18/c1-16-4-5-20(22(27)12-16)9-11-30(15-18(3)31)25(33)17(2)13-24(32)29-10-8-19-6-7-21(26)14-23(19)28;1-2-9-16(14-10-5-3-6-11-14)15-12-7-4-8-13-15/h4-7,12,14,17H,8-11,13,15H2,1-3H3,(H,29,32);3-8,10-13,16H,2,9H2,1H3. The van der Waals surface area contributed by atoms with Gasteiger partial charge in [0.1, 0.15) is 5.78 Å². The number of aryl methyl sites for hydroxylation is 1. The Morgan fingerprint density at radius 2 is 1.35 bits per heavy atom. The third-order valence-corrected chi connectivity index (χ3v) is 9.15. The number of Topliss-reactive ketones (excluding diaryl/α,β-unsaturated/α-hetero) is 1. The Balaban J connectivity index is 0.000000337. The van der Waals surface area contributed by atoms with Gasteiger partial charge >= 0.3 is 0 Å². The summed E-state index contributed by atoms with van der Waals surface area (Å²) in [6, 6.07) is 32.6. The summed E-state index contributed by atoms with van der Waals surface area (Å²) in [5, 5.41) is 4.57. The van der Waals surface area contributed by atoms with Gasteiger partial charge in [-0.1, -0.05) is 134 Å². The predicted octanol–water partition coefficient (Wildman–Crippen LogP) is 9.92. The molecule has 0 aliphatic heterocycles. The van der Waals surface area contributed by atoms with Crippen LogP contribution in [0.3, 0.4) is 0 Å². The molecule has 4 aromatic carbocycles. The van der Waals surface area contributed by atoms with Crippen molar-refractivity contribution in [1.82, 2.24) is 10.2 Å². The predicted molar refractivity (Wildman–Crippen MR) is 204 cm³/mol. The van der Waals surface area contributed by atoms with Crippen molar-refractivity contribution in [2.45, 2.75) is 65.7 Å². The van der Waals surface area contributed by atoms with Crippen LogP contribution in [0.5, 0.6) is 0 Å². The maximum Gasteiger partial charge on any atom is 0.226 e. The number of hydrogen-bond donors (Lipinski definition) is 1. The van der Waals surface area contributed by atoms with Gasteiger partial charge < -0.3 is 10.2 Å². The van der Waals surface area contributed by atoms with E-state index < -0.39 is 5.92 Å². The number of rotatable bonds is 15. The van der Waals surface area contributed by atoms with Crippen LogP contribution < -0.4 is 5.32 Å². The molecule has 0 saturated carbocycles. The smallest absolute Gasteiger partial charge is 0.226 e. The molecule has 8 heteroatoms. The number of amides is 2. The van der Waals surface area contributed by atoms with Crippen molar-refractivity contribution in [3.63, 3.8) is 0 Å². The summed E-state index contributed by atoms with van der Waals surface area (Å²) in [5.41, 5.74) is 5.70. The average Bonchev–Trinajstić information content (AvgIpc) is 3.07. The van der Waals surface area contributed by atoms with E-state index in [0.29, 0.717) is 46.9 Å². The molecule has 1 atom stereocenters. The van der Waals surface area contributed by atoms with Gasteiger partial charge in [-0.15, -0.1) is 0 Å². The van der Waals surface area contributed by atoms with Crippen molar-refractivity contribution in [2.75, 3.05) is 19.6 Å². The Kier molecular flexibility index (Phi) is 16.9. The SMILES string of the molecule is CC(=O)CN(CCc1ccc(C)cc1Cl)C(=O)C(C)CC(=O)NCCc1ccc(Cl)cc1Cl.CCCC(c1ccccc1)c1ccccc1. The van der Waals surface area contributed by atoms with Crippen molar-refractivity contribution in [3.05, 3.63) is 140 Å². The van der Waals surface area contributed by atoms with Gasteiger partial charge in [0.2, 0.25) is 11.8 Å². The maximum absolute atomic E-state index is 13.0. The maximum atomic E-state index is 13.0. The van der Waals surface area contributed by atoms with Gasteiger partial charge in [-0.05, 0) is 79.1 Å². The van der Waals surface area contributed by atoms with E-state index in [-0.39, 0.29) is 30.6 Å². The topological polar surface area (TPSA) is 66.5 Å². The van der Waals surface area contributed by atoms with Crippen molar-refractivity contribution in [1.29, 1.82) is 0 Å². The minimum atomic E-state index is -0.558. The van der Waals surface area contributed by atoms with E-state index in [1.165, 1.54) is 35.8 Å². The highest BCUT2D eigenvalue weighted by molar-refractivity contribution is 6.35. The first-order valence-corrected chi connectivity index (χ1v) is 18.0. The summed E-state index contributed by atoms with van der Waals surface area (Å²) in [6.45, 7) is 8.09. The second-order valence-corrected chi connectivity index (χ2v) is 13.7. The number of carbonyl (C=O) groups is 3. The van der Waals surface area contributed by atoms with Crippen LogP contribution in [0.4, 0.5) is 0 Å². The van der Waals surface area contributed by atoms with Crippen LogP contribution in [0, 0.1) is 12.8 Å². The number of nitrogens with one attached hydrogen (secondary N) is 1. The van der Waals surface area contributed by atoms with Gasteiger partial charge in [0.25, 0.3) is 0 Å². The van der Waals surface area contributed by atoms with Crippen LogP contribution >= 0.6 is 34.8 Å². The minimum Gasteiger partial charge on any atom is -0.356 e. The quantitative estimate of drug-likeness (QED) is 0.133. The van der Waals surface area contributed by atoms with E-state index in [4.69, 9.17) is 34.8 Å². The van der Waals surface area contributed by atoms with Gasteiger partial charge in [-0.3, -0.25) is 14.4 Å². The molecule has 1 unspecified atom stereocenters. The molecule has 0 aliphatic rings. The lowest BCUT2D eigenvalue weighted by Gasteiger charge is -2.25. The lowest BCUT2D eigenvalue weighted by Crippen LogP contribution is -2.41. The Hall–Kier alpha value is -3.64. The lowest BCUT2D eigenvalue weighted by atomic mass is 9.88. The molecule has 4 aromatic rings. The average molecular weight is 722 g/mol. The summed E-state index contributed by atoms with van der Waals surface area (Å²) < 4.78 is 0. The fourth-order valence-electron chi connectivity index (χ4n) is 5.64. The zero-order chi connectivity index (χ0) is 35.8. The van der Waals surface area contributed by atoms with Crippen LogP contribution in [0.15, 0.2) is 97.1 Å². The number of ketones is 1. The molecule has 5 nitrogen and oxygen atoms in total. The third kappa shape index (κ3) is 13.7. The fourth-order valence-corrected chi connectivity index (χ4v) is 6.47. The molecule has 1 N–H and O–H groups in total. The Morgan fingerprint density at radius 1 is 0.776 bits per heavy atom. The molecule has 0 saturated heterocycles. The normalized spacial score (nSPS) is 11.3. The van der Waals surface area contributed by atoms with Crippen LogP contribution in [-0.4, -0.2) is 42.1 Å². The summed E-state index contributed by atoms with van der Waals surface area (Å²) >= 11 is 18.4. The van der Waals surface area contributed by atoms with Crippen LogP contribution in [-0.2, 0) is 27.2 Å². The molecule has 0 fully saturated rings. The summed E-state index contributed by atoms with van der Waals surface area (Å²) in [5.74, 6) is -0.589. The van der Waals surface area contributed by atoms with Crippen molar-refractivity contribution >= 4 is 52.4 Å². The monoisotopic (exact) mass is 720 g/mol. The molecule has 4 rings (SSSR count). The van der Waals surface area contributed by atoms with Crippen LogP contribution in [0.1, 0.15) is 73.8 Å². The molecule has 0 spiro atoms. The first kappa shape index (κ1) is 39.8. The van der Waals surface area contributed by atoms with Gasteiger partial charge in [-0.2, -0.15) is 0 Å². The third-order valence-electron chi connectivity index (χ3n) is 8.21. The van der Waals surface area contributed by atoms with Crippen molar-refractivity contribution in [3.8, 4) is 0 Å². The van der Waals surface area contributed by atoms with Crippen molar-refractivity contribution < 1.29 is 14.4 Å². The molecule has 260 valence electrons. The highest BCUT2D eigenvalue weighted by Gasteiger charge is 2.24. The fraction of sp³-hybridized carbons (Fsp3) is 0.341. The summed E-state index contributed by atoms with van der Waals surface area (Å²) in [4.78, 5) is 38.6. The number of nitrogens with zero attached hydrogens (tertiary/aromatic N) is 1. The Morgan fingerprint density at radius 3 is 1.90 bits per heavy atom. The Bertz CT molecular complexity index is 1610. The van der Waals surface area contributed by atoms with E-state index in [2.05, 4.69) is 72.9 Å². The van der Waals surface area contributed by atoms with Gasteiger partial charge in [0.15, 0.2) is 0 Å². The second kappa shape index (κ2) is 20.8. The number of benzene rings is 4. The molecular formula is C41H47Cl3N2O3. The van der Waals surface area contributed by atoms with Gasteiger partial charge in [0, 0.05) is 46.4 Å². The molecule has 0 heterocycles. The zero-order valence-corrected chi connectivity index (χ0v) is 31.1. The van der Waals surface area contributed by atoms with E-state index in [1.807, 2.05) is 31.2 Å². The van der Waals surface area contributed by atoms with Crippen molar-refractivity contribution in [2.24, 2.45) is 5.92 Å². The van der Waals surface area contributed by atoms with E-state index in [0.717, 1.165) is 16.7 Å². The first-order valence-electron chi connectivity index (χ1n) is 16.8. The molecule has 0 aliphatic carbocycles. The van der Waals surface area contributed by atoms with E-state index in [9.17, 15) is 14.4 Å².